The Bertz CT molecular complexity index is 245. The van der Waals surface area contributed by atoms with Gasteiger partial charge in [0.25, 0.3) is 0 Å². The number of aliphatic hydroxyl groups excluding tert-OH is 1. The van der Waals surface area contributed by atoms with Gasteiger partial charge in [0, 0.05) is 32.5 Å². The first-order valence-electron chi connectivity index (χ1n) is 6.41. The molecule has 0 aliphatic heterocycles. The van der Waals surface area contributed by atoms with E-state index in [0.717, 1.165) is 25.8 Å². The second kappa shape index (κ2) is 7.09. The molecule has 1 saturated carbocycles. The van der Waals surface area contributed by atoms with Crippen molar-refractivity contribution >= 4 is 5.78 Å². The number of carbonyl (C=O) groups excluding carboxylic acids is 1. The van der Waals surface area contributed by atoms with Crippen LogP contribution in [-0.2, 0) is 9.53 Å². The number of Topliss-reactive ketones (excluding diaryl/α,β-unsaturated/α-hetero) is 1. The number of ether oxygens (including phenoxy) is 1. The molecule has 0 aromatic rings. The summed E-state index contributed by atoms with van der Waals surface area (Å²) in [5.74, 6) is 1.18. The van der Waals surface area contributed by atoms with E-state index in [2.05, 4.69) is 6.92 Å². The van der Waals surface area contributed by atoms with Gasteiger partial charge < -0.3 is 14.7 Å². The maximum absolute atomic E-state index is 11.8. The number of aliphatic hydroxyl groups is 1. The van der Waals surface area contributed by atoms with Crippen LogP contribution in [0, 0.1) is 11.8 Å². The molecule has 4 nitrogen and oxygen atoms in total. The van der Waals surface area contributed by atoms with Crippen LogP contribution in [0.4, 0.5) is 0 Å². The Morgan fingerprint density at radius 2 is 2.29 bits per heavy atom. The van der Waals surface area contributed by atoms with Crippen LogP contribution in [0.5, 0.6) is 0 Å². The highest BCUT2D eigenvalue weighted by molar-refractivity contribution is 5.81. The SMILES string of the molecule is COCC(O)CN(C)CC1CC(C)CCC1=O. The van der Waals surface area contributed by atoms with E-state index < -0.39 is 6.10 Å². The zero-order valence-corrected chi connectivity index (χ0v) is 11.2. The van der Waals surface area contributed by atoms with Crippen LogP contribution in [-0.4, -0.2) is 55.7 Å². The Hall–Kier alpha value is -0.450. The topological polar surface area (TPSA) is 49.8 Å². The molecule has 17 heavy (non-hydrogen) atoms. The fraction of sp³-hybridized carbons (Fsp3) is 0.923. The summed E-state index contributed by atoms with van der Waals surface area (Å²) >= 11 is 0. The van der Waals surface area contributed by atoms with Gasteiger partial charge in [0.1, 0.15) is 5.78 Å². The normalized spacial score (nSPS) is 27.5. The van der Waals surface area contributed by atoms with Gasteiger partial charge in [-0.25, -0.2) is 0 Å². The summed E-state index contributed by atoms with van der Waals surface area (Å²) in [5.41, 5.74) is 0. The predicted molar refractivity (Wildman–Crippen MR) is 66.9 cm³/mol. The summed E-state index contributed by atoms with van der Waals surface area (Å²) < 4.78 is 4.89. The Morgan fingerprint density at radius 1 is 1.59 bits per heavy atom. The molecule has 0 spiro atoms. The fourth-order valence-electron chi connectivity index (χ4n) is 2.56. The van der Waals surface area contributed by atoms with Crippen LogP contribution in [0.25, 0.3) is 0 Å². The number of hydrogen-bond acceptors (Lipinski definition) is 4. The van der Waals surface area contributed by atoms with Crippen LogP contribution in [0.3, 0.4) is 0 Å². The summed E-state index contributed by atoms with van der Waals surface area (Å²) in [5, 5.41) is 9.62. The molecule has 0 aromatic heterocycles. The lowest BCUT2D eigenvalue weighted by molar-refractivity contribution is -0.126. The Labute approximate surface area is 104 Å². The van der Waals surface area contributed by atoms with E-state index in [4.69, 9.17) is 4.74 Å². The third-order valence-electron chi connectivity index (χ3n) is 3.44. The molecule has 1 N–H and O–H groups in total. The van der Waals surface area contributed by atoms with Gasteiger partial charge in [0.2, 0.25) is 0 Å². The molecule has 1 rings (SSSR count). The van der Waals surface area contributed by atoms with Gasteiger partial charge in [0.05, 0.1) is 12.7 Å². The fourth-order valence-corrected chi connectivity index (χ4v) is 2.56. The number of rotatable bonds is 6. The van der Waals surface area contributed by atoms with Crippen LogP contribution < -0.4 is 0 Å². The van der Waals surface area contributed by atoms with Crippen molar-refractivity contribution in [1.29, 1.82) is 0 Å². The third-order valence-corrected chi connectivity index (χ3v) is 3.44. The summed E-state index contributed by atoms with van der Waals surface area (Å²) in [6.45, 7) is 3.87. The van der Waals surface area contributed by atoms with Crippen molar-refractivity contribution < 1.29 is 14.6 Å². The minimum absolute atomic E-state index is 0.151. The molecule has 0 radical (unpaired) electrons. The summed E-state index contributed by atoms with van der Waals surface area (Å²) in [6, 6.07) is 0. The highest BCUT2D eigenvalue weighted by Crippen LogP contribution is 2.26. The average molecular weight is 243 g/mol. The molecule has 0 aromatic carbocycles. The van der Waals surface area contributed by atoms with E-state index in [0.29, 0.717) is 24.9 Å². The molecule has 0 bridgehead atoms. The Kier molecular flexibility index (Phi) is 6.09. The highest BCUT2D eigenvalue weighted by Gasteiger charge is 2.27. The van der Waals surface area contributed by atoms with Gasteiger partial charge in [-0.3, -0.25) is 4.79 Å². The Morgan fingerprint density at radius 3 is 2.94 bits per heavy atom. The van der Waals surface area contributed by atoms with E-state index in [1.807, 2.05) is 11.9 Å². The van der Waals surface area contributed by atoms with Gasteiger partial charge in [0.15, 0.2) is 0 Å². The lowest BCUT2D eigenvalue weighted by Crippen LogP contribution is -2.38. The van der Waals surface area contributed by atoms with E-state index in [1.54, 1.807) is 7.11 Å². The number of hydrogen-bond donors (Lipinski definition) is 1. The second-order valence-electron chi connectivity index (χ2n) is 5.37. The molecule has 0 saturated heterocycles. The molecular weight excluding hydrogens is 218 g/mol. The van der Waals surface area contributed by atoms with Gasteiger partial charge in [-0.2, -0.15) is 0 Å². The number of nitrogens with zero attached hydrogens (tertiary/aromatic N) is 1. The van der Waals surface area contributed by atoms with Crippen LogP contribution >= 0.6 is 0 Å². The van der Waals surface area contributed by atoms with Crippen LogP contribution in [0.15, 0.2) is 0 Å². The largest absolute Gasteiger partial charge is 0.389 e. The van der Waals surface area contributed by atoms with Crippen molar-refractivity contribution in [1.82, 2.24) is 4.90 Å². The van der Waals surface area contributed by atoms with Gasteiger partial charge in [-0.15, -0.1) is 0 Å². The summed E-state index contributed by atoms with van der Waals surface area (Å²) in [4.78, 5) is 13.8. The maximum Gasteiger partial charge on any atom is 0.137 e. The first-order valence-corrected chi connectivity index (χ1v) is 6.41. The van der Waals surface area contributed by atoms with Crippen molar-refractivity contribution in [3.05, 3.63) is 0 Å². The van der Waals surface area contributed by atoms with E-state index in [1.165, 1.54) is 0 Å². The third kappa shape index (κ3) is 5.15. The van der Waals surface area contributed by atoms with Crippen molar-refractivity contribution in [2.24, 2.45) is 11.8 Å². The zero-order chi connectivity index (χ0) is 12.8. The van der Waals surface area contributed by atoms with E-state index in [9.17, 15) is 9.90 Å². The quantitative estimate of drug-likeness (QED) is 0.754. The lowest BCUT2D eigenvalue weighted by Gasteiger charge is -2.30. The number of carbonyl (C=O) groups is 1. The summed E-state index contributed by atoms with van der Waals surface area (Å²) in [7, 11) is 3.53. The standard InChI is InChI=1S/C13H25NO3/c1-10-4-5-13(16)11(6-10)7-14(2)8-12(15)9-17-3/h10-12,15H,4-9H2,1-3H3. The van der Waals surface area contributed by atoms with Crippen molar-refractivity contribution in [3.8, 4) is 0 Å². The lowest BCUT2D eigenvalue weighted by atomic mass is 9.81. The minimum atomic E-state index is -0.471. The van der Waals surface area contributed by atoms with E-state index in [-0.39, 0.29) is 5.92 Å². The molecule has 3 atom stereocenters. The zero-order valence-electron chi connectivity index (χ0n) is 11.2. The first kappa shape index (κ1) is 14.6. The molecule has 100 valence electrons. The molecule has 1 aliphatic carbocycles. The number of ketones is 1. The monoisotopic (exact) mass is 243 g/mol. The molecular formula is C13H25NO3. The summed E-state index contributed by atoms with van der Waals surface area (Å²) in [6.07, 6.45) is 2.27. The molecule has 1 aliphatic rings. The number of likely N-dealkylation sites (N-methyl/N-ethyl adjacent to an activating group) is 1. The average Bonchev–Trinajstić information content (AvgIpc) is 2.23. The Balaban J connectivity index is 2.33. The molecule has 0 amide bonds. The first-order chi connectivity index (χ1) is 8.02. The van der Waals surface area contributed by atoms with Gasteiger partial charge in [-0.1, -0.05) is 6.92 Å². The predicted octanol–water partition coefficient (Wildman–Crippen LogP) is 0.931. The molecule has 1 fully saturated rings. The minimum Gasteiger partial charge on any atom is -0.389 e. The van der Waals surface area contributed by atoms with Gasteiger partial charge in [-0.05, 0) is 25.8 Å². The molecule has 3 unspecified atom stereocenters. The van der Waals surface area contributed by atoms with Gasteiger partial charge >= 0.3 is 0 Å². The number of methoxy groups -OCH3 is 1. The molecule has 4 heteroatoms. The van der Waals surface area contributed by atoms with Crippen molar-refractivity contribution in [2.45, 2.75) is 32.3 Å². The van der Waals surface area contributed by atoms with Crippen molar-refractivity contribution in [3.63, 3.8) is 0 Å². The molecule has 0 heterocycles. The second-order valence-corrected chi connectivity index (χ2v) is 5.37. The smallest absolute Gasteiger partial charge is 0.137 e. The van der Waals surface area contributed by atoms with Crippen LogP contribution in [0.1, 0.15) is 26.2 Å². The van der Waals surface area contributed by atoms with E-state index >= 15 is 0 Å². The van der Waals surface area contributed by atoms with Crippen molar-refractivity contribution in [2.75, 3.05) is 33.9 Å². The highest BCUT2D eigenvalue weighted by atomic mass is 16.5. The van der Waals surface area contributed by atoms with Crippen LogP contribution in [0.2, 0.25) is 0 Å². The maximum atomic E-state index is 11.8.